The van der Waals surface area contributed by atoms with Gasteiger partial charge in [-0.3, -0.25) is 4.98 Å². The summed E-state index contributed by atoms with van der Waals surface area (Å²) in [6.45, 7) is 8.00. The van der Waals surface area contributed by atoms with Crippen LogP contribution < -0.4 is 0 Å². The Morgan fingerprint density at radius 3 is 1.91 bits per heavy atom. The molecule has 1 heterocycles. The standard InChI is InChI=1S/C5H4FN.2C2H6/c6-5-2-1-3-7-4-5;2*1-2/h1-4H;2*1-2H3. The molecule has 0 aliphatic carbocycles. The monoisotopic (exact) mass is 157 g/mol. The zero-order valence-corrected chi connectivity index (χ0v) is 7.63. The molecule has 1 aromatic rings. The van der Waals surface area contributed by atoms with Crippen LogP contribution in [0, 0.1) is 5.82 Å². The van der Waals surface area contributed by atoms with Crippen molar-refractivity contribution in [2.75, 3.05) is 0 Å². The average Bonchev–Trinajstić information content (AvgIpc) is 2.13. The van der Waals surface area contributed by atoms with Crippen molar-refractivity contribution in [3.05, 3.63) is 30.3 Å². The molecule has 0 aliphatic heterocycles. The van der Waals surface area contributed by atoms with Crippen LogP contribution in [0.1, 0.15) is 27.7 Å². The van der Waals surface area contributed by atoms with Crippen molar-refractivity contribution in [2.24, 2.45) is 0 Å². The lowest BCUT2D eigenvalue weighted by atomic mass is 10.5. The molecule has 0 aromatic carbocycles. The van der Waals surface area contributed by atoms with Crippen molar-refractivity contribution in [3.8, 4) is 0 Å². The molecule has 64 valence electrons. The molecule has 11 heavy (non-hydrogen) atoms. The van der Waals surface area contributed by atoms with Crippen molar-refractivity contribution < 1.29 is 4.39 Å². The molecule has 0 N–H and O–H groups in total. The van der Waals surface area contributed by atoms with E-state index in [1.54, 1.807) is 6.07 Å². The second-order valence-electron chi connectivity index (χ2n) is 1.17. The molecule has 2 heteroatoms. The van der Waals surface area contributed by atoms with Gasteiger partial charge in [-0.1, -0.05) is 27.7 Å². The highest BCUT2D eigenvalue weighted by atomic mass is 19.1. The van der Waals surface area contributed by atoms with Gasteiger partial charge in [0.15, 0.2) is 0 Å². The van der Waals surface area contributed by atoms with E-state index in [0.29, 0.717) is 0 Å². The van der Waals surface area contributed by atoms with Gasteiger partial charge in [0.05, 0.1) is 6.20 Å². The Kier molecular flexibility index (Phi) is 13.7. The lowest BCUT2D eigenvalue weighted by Crippen LogP contribution is -1.70. The third-order valence-electron chi connectivity index (χ3n) is 0.625. The van der Waals surface area contributed by atoms with Gasteiger partial charge in [0.25, 0.3) is 0 Å². The molecule has 1 aromatic heterocycles. The molecule has 1 rings (SSSR count). The molecule has 0 unspecified atom stereocenters. The Balaban J connectivity index is 0. The minimum absolute atomic E-state index is 0.289. The smallest absolute Gasteiger partial charge is 0.141 e. The number of halogens is 1. The Bertz CT molecular complexity index is 139. The summed E-state index contributed by atoms with van der Waals surface area (Å²) in [4.78, 5) is 3.51. The third kappa shape index (κ3) is 9.08. The highest BCUT2D eigenvalue weighted by molar-refractivity contribution is 4.92. The number of hydrogen-bond donors (Lipinski definition) is 0. The minimum atomic E-state index is -0.289. The molecular weight excluding hydrogens is 141 g/mol. The van der Waals surface area contributed by atoms with Crippen LogP contribution in [-0.4, -0.2) is 4.98 Å². The lowest BCUT2D eigenvalue weighted by molar-refractivity contribution is 0.621. The second kappa shape index (κ2) is 11.8. The number of pyridine rings is 1. The van der Waals surface area contributed by atoms with E-state index in [-0.39, 0.29) is 5.82 Å². The Morgan fingerprint density at radius 1 is 1.18 bits per heavy atom. The zero-order valence-electron chi connectivity index (χ0n) is 7.63. The number of aromatic nitrogens is 1. The van der Waals surface area contributed by atoms with Gasteiger partial charge in [0.2, 0.25) is 0 Å². The fourth-order valence-corrected chi connectivity index (χ4v) is 0.342. The van der Waals surface area contributed by atoms with Crippen LogP contribution in [0.25, 0.3) is 0 Å². The quantitative estimate of drug-likeness (QED) is 0.563. The van der Waals surface area contributed by atoms with E-state index >= 15 is 0 Å². The Labute approximate surface area is 68.3 Å². The van der Waals surface area contributed by atoms with E-state index in [2.05, 4.69) is 4.98 Å². The summed E-state index contributed by atoms with van der Waals surface area (Å²) in [5.41, 5.74) is 0. The molecule has 0 atom stereocenters. The highest BCUT2D eigenvalue weighted by Crippen LogP contribution is 1.87. The Morgan fingerprint density at radius 2 is 1.73 bits per heavy atom. The van der Waals surface area contributed by atoms with Crippen molar-refractivity contribution in [1.29, 1.82) is 0 Å². The zero-order chi connectivity index (χ0) is 9.11. The predicted octanol–water partition coefficient (Wildman–Crippen LogP) is 3.27. The maximum Gasteiger partial charge on any atom is 0.141 e. The molecule has 0 saturated carbocycles. The van der Waals surface area contributed by atoms with Crippen LogP contribution in [0.15, 0.2) is 24.5 Å². The highest BCUT2D eigenvalue weighted by Gasteiger charge is 1.78. The molecule has 0 spiro atoms. The molecule has 0 saturated heterocycles. The van der Waals surface area contributed by atoms with E-state index in [1.165, 1.54) is 18.5 Å². The van der Waals surface area contributed by atoms with E-state index in [9.17, 15) is 4.39 Å². The summed E-state index contributed by atoms with van der Waals surface area (Å²) in [6, 6.07) is 2.91. The summed E-state index contributed by atoms with van der Waals surface area (Å²) in [5, 5.41) is 0. The van der Waals surface area contributed by atoms with Crippen molar-refractivity contribution in [1.82, 2.24) is 4.98 Å². The number of hydrogen-bond acceptors (Lipinski definition) is 1. The largest absolute Gasteiger partial charge is 0.262 e. The van der Waals surface area contributed by atoms with Crippen LogP contribution in [-0.2, 0) is 0 Å². The average molecular weight is 157 g/mol. The first-order valence-corrected chi connectivity index (χ1v) is 3.95. The maximum atomic E-state index is 11.8. The van der Waals surface area contributed by atoms with Crippen LogP contribution in [0.5, 0.6) is 0 Å². The van der Waals surface area contributed by atoms with E-state index < -0.39 is 0 Å². The van der Waals surface area contributed by atoms with Gasteiger partial charge in [0.1, 0.15) is 5.82 Å². The number of nitrogens with zero attached hydrogens (tertiary/aromatic N) is 1. The molecular formula is C9H16FN. The van der Waals surface area contributed by atoms with Crippen LogP contribution in [0.4, 0.5) is 4.39 Å². The molecule has 0 bridgehead atoms. The van der Waals surface area contributed by atoms with Crippen LogP contribution in [0.3, 0.4) is 0 Å². The van der Waals surface area contributed by atoms with Crippen molar-refractivity contribution in [2.45, 2.75) is 27.7 Å². The fraction of sp³-hybridized carbons (Fsp3) is 0.444. The molecule has 1 nitrogen and oxygen atoms in total. The first kappa shape index (κ1) is 12.7. The summed E-state index contributed by atoms with van der Waals surface area (Å²) in [7, 11) is 0. The predicted molar refractivity (Wildman–Crippen MR) is 46.9 cm³/mol. The van der Waals surface area contributed by atoms with E-state index in [0.717, 1.165) is 0 Å². The summed E-state index contributed by atoms with van der Waals surface area (Å²) < 4.78 is 11.8. The Hall–Kier alpha value is -0.920. The van der Waals surface area contributed by atoms with Gasteiger partial charge in [-0.25, -0.2) is 4.39 Å². The SMILES string of the molecule is CC.CC.Fc1cccnc1. The van der Waals surface area contributed by atoms with Crippen molar-refractivity contribution in [3.63, 3.8) is 0 Å². The first-order chi connectivity index (χ1) is 5.39. The van der Waals surface area contributed by atoms with Gasteiger partial charge < -0.3 is 0 Å². The first-order valence-electron chi connectivity index (χ1n) is 3.95. The normalized spacial score (nSPS) is 6.64. The van der Waals surface area contributed by atoms with Gasteiger partial charge in [-0.2, -0.15) is 0 Å². The third-order valence-corrected chi connectivity index (χ3v) is 0.625. The summed E-state index contributed by atoms with van der Waals surface area (Å²) in [5.74, 6) is -0.289. The minimum Gasteiger partial charge on any atom is -0.262 e. The van der Waals surface area contributed by atoms with Gasteiger partial charge in [-0.15, -0.1) is 0 Å². The molecule has 0 aliphatic rings. The summed E-state index contributed by atoms with van der Waals surface area (Å²) in [6.07, 6.45) is 2.70. The molecule has 0 fully saturated rings. The lowest BCUT2D eigenvalue weighted by Gasteiger charge is -1.78. The molecule has 0 radical (unpaired) electrons. The van der Waals surface area contributed by atoms with Crippen LogP contribution in [0.2, 0.25) is 0 Å². The van der Waals surface area contributed by atoms with Gasteiger partial charge in [-0.05, 0) is 12.1 Å². The van der Waals surface area contributed by atoms with Gasteiger partial charge >= 0.3 is 0 Å². The maximum absolute atomic E-state index is 11.8. The van der Waals surface area contributed by atoms with Crippen LogP contribution >= 0.6 is 0 Å². The van der Waals surface area contributed by atoms with Crippen molar-refractivity contribution >= 4 is 0 Å². The van der Waals surface area contributed by atoms with E-state index in [4.69, 9.17) is 0 Å². The number of rotatable bonds is 0. The van der Waals surface area contributed by atoms with Gasteiger partial charge in [0, 0.05) is 6.20 Å². The second-order valence-corrected chi connectivity index (χ2v) is 1.17. The fourth-order valence-electron chi connectivity index (χ4n) is 0.342. The topological polar surface area (TPSA) is 12.9 Å². The summed E-state index contributed by atoms with van der Waals surface area (Å²) >= 11 is 0. The molecule has 0 amide bonds. The van der Waals surface area contributed by atoms with E-state index in [1.807, 2.05) is 27.7 Å².